The first-order chi connectivity index (χ1) is 11.1. The molecule has 116 valence electrons. The fraction of sp³-hybridized carbons (Fsp3) is 0.111. The van der Waals surface area contributed by atoms with Gasteiger partial charge in [0.25, 0.3) is 5.91 Å². The molecule has 1 amide bonds. The van der Waals surface area contributed by atoms with Gasteiger partial charge in [0.15, 0.2) is 5.13 Å². The van der Waals surface area contributed by atoms with Crippen molar-refractivity contribution in [1.29, 1.82) is 0 Å². The Morgan fingerprint density at radius 1 is 1.13 bits per heavy atom. The Morgan fingerprint density at radius 3 is 2.52 bits per heavy atom. The summed E-state index contributed by atoms with van der Waals surface area (Å²) >= 11 is 4.97. The molecular weight excluding hydrogens is 372 g/mol. The zero-order valence-electron chi connectivity index (χ0n) is 12.5. The number of amides is 1. The van der Waals surface area contributed by atoms with Crippen molar-refractivity contribution in [2.45, 2.75) is 13.3 Å². The van der Waals surface area contributed by atoms with Crippen LogP contribution in [0.2, 0.25) is 0 Å². The Morgan fingerprint density at radius 2 is 1.83 bits per heavy atom. The van der Waals surface area contributed by atoms with Crippen LogP contribution in [0.5, 0.6) is 0 Å². The fourth-order valence-corrected chi connectivity index (χ4v) is 3.45. The first-order valence-electron chi connectivity index (χ1n) is 7.19. The maximum absolute atomic E-state index is 12.2. The molecular formula is C18H15BrN2OS. The second kappa shape index (κ2) is 7.06. The van der Waals surface area contributed by atoms with E-state index in [0.717, 1.165) is 21.5 Å². The van der Waals surface area contributed by atoms with Crippen molar-refractivity contribution in [2.75, 3.05) is 5.32 Å². The summed E-state index contributed by atoms with van der Waals surface area (Å²) < 4.78 is 1.07. The van der Waals surface area contributed by atoms with Gasteiger partial charge in [-0.3, -0.25) is 10.1 Å². The van der Waals surface area contributed by atoms with Crippen LogP contribution in [0, 0.1) is 6.92 Å². The van der Waals surface area contributed by atoms with Crippen molar-refractivity contribution in [3.63, 3.8) is 0 Å². The molecule has 5 heteroatoms. The molecule has 0 aliphatic heterocycles. The fourth-order valence-electron chi connectivity index (χ4n) is 2.19. The van der Waals surface area contributed by atoms with Crippen LogP contribution >= 0.6 is 27.3 Å². The maximum atomic E-state index is 12.2. The Hall–Kier alpha value is -1.98. The molecule has 3 nitrogen and oxygen atoms in total. The zero-order chi connectivity index (χ0) is 16.2. The molecule has 1 N–H and O–H groups in total. The molecule has 0 aliphatic rings. The third-order valence-corrected chi connectivity index (χ3v) is 5.03. The lowest BCUT2D eigenvalue weighted by Crippen LogP contribution is -2.11. The van der Waals surface area contributed by atoms with Crippen LogP contribution < -0.4 is 5.32 Å². The predicted molar refractivity (Wildman–Crippen MR) is 98.2 cm³/mol. The first kappa shape index (κ1) is 15.9. The lowest BCUT2D eigenvalue weighted by atomic mass is 10.1. The number of carbonyl (C=O) groups excluding carboxylic acids is 1. The standard InChI is InChI=1S/C18H15BrN2OS/c1-12-16(11-13-7-9-15(19)10-8-13)23-18(20-12)21-17(22)14-5-3-2-4-6-14/h2-10H,11H2,1H3,(H,20,21,22). The highest BCUT2D eigenvalue weighted by Gasteiger charge is 2.12. The number of halogens is 1. The molecule has 0 aliphatic carbocycles. The van der Waals surface area contributed by atoms with Gasteiger partial charge in [0.1, 0.15) is 0 Å². The number of anilines is 1. The van der Waals surface area contributed by atoms with E-state index in [1.54, 1.807) is 12.1 Å². The minimum absolute atomic E-state index is 0.130. The van der Waals surface area contributed by atoms with Crippen molar-refractivity contribution in [1.82, 2.24) is 4.98 Å². The highest BCUT2D eigenvalue weighted by molar-refractivity contribution is 9.10. The van der Waals surface area contributed by atoms with E-state index in [-0.39, 0.29) is 5.91 Å². The van der Waals surface area contributed by atoms with Crippen molar-refractivity contribution >= 4 is 38.3 Å². The summed E-state index contributed by atoms with van der Waals surface area (Å²) in [6.07, 6.45) is 0.817. The highest BCUT2D eigenvalue weighted by atomic mass is 79.9. The molecule has 3 aromatic rings. The first-order valence-corrected chi connectivity index (χ1v) is 8.80. The van der Waals surface area contributed by atoms with Gasteiger partial charge in [0, 0.05) is 21.3 Å². The van der Waals surface area contributed by atoms with Crippen LogP contribution in [0.25, 0.3) is 0 Å². The molecule has 1 heterocycles. The minimum Gasteiger partial charge on any atom is -0.298 e. The number of aryl methyl sites for hydroxylation is 1. The van der Waals surface area contributed by atoms with Gasteiger partial charge in [-0.05, 0) is 36.8 Å². The summed E-state index contributed by atoms with van der Waals surface area (Å²) in [6, 6.07) is 17.4. The molecule has 0 spiro atoms. The molecule has 0 saturated carbocycles. The number of benzene rings is 2. The van der Waals surface area contributed by atoms with Crippen LogP contribution in [-0.4, -0.2) is 10.9 Å². The number of carbonyl (C=O) groups is 1. The molecule has 0 unspecified atom stereocenters. The SMILES string of the molecule is Cc1nc(NC(=O)c2ccccc2)sc1Cc1ccc(Br)cc1. The van der Waals surface area contributed by atoms with Crippen LogP contribution in [0.3, 0.4) is 0 Å². The zero-order valence-corrected chi connectivity index (χ0v) is 14.9. The quantitative estimate of drug-likeness (QED) is 0.680. The van der Waals surface area contributed by atoms with Gasteiger partial charge < -0.3 is 0 Å². The summed E-state index contributed by atoms with van der Waals surface area (Å²) in [7, 11) is 0. The molecule has 23 heavy (non-hydrogen) atoms. The van der Waals surface area contributed by atoms with Crippen LogP contribution in [0.15, 0.2) is 59.1 Å². The number of thiazole rings is 1. The Kier molecular flexibility index (Phi) is 4.88. The lowest BCUT2D eigenvalue weighted by molar-refractivity contribution is 0.102. The van der Waals surface area contributed by atoms with E-state index in [0.29, 0.717) is 10.7 Å². The van der Waals surface area contributed by atoms with Gasteiger partial charge in [0.05, 0.1) is 5.69 Å². The van der Waals surface area contributed by atoms with Crippen molar-refractivity contribution in [3.8, 4) is 0 Å². The number of aromatic nitrogens is 1. The molecule has 2 aromatic carbocycles. The molecule has 1 aromatic heterocycles. The minimum atomic E-state index is -0.130. The molecule has 0 fully saturated rings. The number of nitrogens with one attached hydrogen (secondary N) is 1. The summed E-state index contributed by atoms with van der Waals surface area (Å²) in [4.78, 5) is 17.8. The summed E-state index contributed by atoms with van der Waals surface area (Å²) in [5, 5.41) is 3.52. The lowest BCUT2D eigenvalue weighted by Gasteiger charge is -2.01. The van der Waals surface area contributed by atoms with Gasteiger partial charge in [-0.25, -0.2) is 4.98 Å². The predicted octanol–water partition coefficient (Wildman–Crippen LogP) is 5.06. The summed E-state index contributed by atoms with van der Waals surface area (Å²) in [5.41, 5.74) is 2.82. The largest absolute Gasteiger partial charge is 0.298 e. The Labute approximate surface area is 147 Å². The summed E-state index contributed by atoms with van der Waals surface area (Å²) in [5.74, 6) is -0.130. The normalized spacial score (nSPS) is 10.5. The molecule has 0 radical (unpaired) electrons. The highest BCUT2D eigenvalue weighted by Crippen LogP contribution is 2.26. The van der Waals surface area contributed by atoms with Gasteiger partial charge in [-0.15, -0.1) is 11.3 Å². The number of rotatable bonds is 4. The van der Waals surface area contributed by atoms with Crippen molar-refractivity contribution < 1.29 is 4.79 Å². The second-order valence-electron chi connectivity index (χ2n) is 5.15. The van der Waals surface area contributed by atoms with E-state index in [4.69, 9.17) is 0 Å². The number of hydrogen-bond acceptors (Lipinski definition) is 3. The Balaban J connectivity index is 1.73. The molecule has 3 rings (SSSR count). The van der Waals surface area contributed by atoms with Crippen LogP contribution in [-0.2, 0) is 6.42 Å². The van der Waals surface area contributed by atoms with Crippen molar-refractivity contribution in [3.05, 3.63) is 80.8 Å². The topological polar surface area (TPSA) is 42.0 Å². The van der Waals surface area contributed by atoms with Crippen LogP contribution in [0.1, 0.15) is 26.5 Å². The molecule has 0 bridgehead atoms. The summed E-state index contributed by atoms with van der Waals surface area (Å²) in [6.45, 7) is 1.98. The van der Waals surface area contributed by atoms with Gasteiger partial charge in [0.2, 0.25) is 0 Å². The number of hydrogen-bond donors (Lipinski definition) is 1. The van der Waals surface area contributed by atoms with E-state index in [1.807, 2.05) is 37.3 Å². The van der Waals surface area contributed by atoms with E-state index < -0.39 is 0 Å². The third-order valence-electron chi connectivity index (χ3n) is 3.43. The smallest absolute Gasteiger partial charge is 0.257 e. The Bertz CT molecular complexity index is 813. The average Bonchev–Trinajstić information content (AvgIpc) is 2.90. The van der Waals surface area contributed by atoms with Gasteiger partial charge in [-0.2, -0.15) is 0 Å². The second-order valence-corrected chi connectivity index (χ2v) is 7.15. The van der Waals surface area contributed by atoms with E-state index in [1.165, 1.54) is 16.9 Å². The monoisotopic (exact) mass is 386 g/mol. The van der Waals surface area contributed by atoms with E-state index in [9.17, 15) is 4.79 Å². The maximum Gasteiger partial charge on any atom is 0.257 e. The van der Waals surface area contributed by atoms with Crippen molar-refractivity contribution in [2.24, 2.45) is 0 Å². The van der Waals surface area contributed by atoms with E-state index >= 15 is 0 Å². The third kappa shape index (κ3) is 4.06. The molecule has 0 atom stereocenters. The average molecular weight is 387 g/mol. The van der Waals surface area contributed by atoms with E-state index in [2.05, 4.69) is 38.4 Å². The number of nitrogens with zero attached hydrogens (tertiary/aromatic N) is 1. The van der Waals surface area contributed by atoms with Gasteiger partial charge in [-0.1, -0.05) is 46.3 Å². The van der Waals surface area contributed by atoms with Crippen LogP contribution in [0.4, 0.5) is 5.13 Å². The van der Waals surface area contributed by atoms with Gasteiger partial charge >= 0.3 is 0 Å². The molecule has 0 saturated heterocycles.